The van der Waals surface area contributed by atoms with Crippen LogP contribution in [-0.4, -0.2) is 25.6 Å². The van der Waals surface area contributed by atoms with Gasteiger partial charge in [-0.1, -0.05) is 0 Å². The summed E-state index contributed by atoms with van der Waals surface area (Å²) in [6.45, 7) is 0. The van der Waals surface area contributed by atoms with E-state index >= 15 is 0 Å². The van der Waals surface area contributed by atoms with Crippen LogP contribution in [0, 0.1) is 13.7 Å². The van der Waals surface area contributed by atoms with E-state index < -0.39 is 10.8 Å². The van der Waals surface area contributed by atoms with Gasteiger partial charge in [0.2, 0.25) is 0 Å². The molecule has 0 unspecified atom stereocenters. The lowest BCUT2D eigenvalue weighted by molar-refractivity contribution is -0.384. The van der Waals surface area contributed by atoms with Crippen molar-refractivity contribution in [3.8, 4) is 5.69 Å². The Morgan fingerprint density at radius 1 is 1.27 bits per heavy atom. The molecule has 3 aromatic rings. The fraction of sp³-hybridized carbons (Fsp3) is 0. The Bertz CT molecular complexity index is 958. The molecule has 10 heteroatoms. The fourth-order valence-electron chi connectivity index (χ4n) is 2.37. The predicted octanol–water partition coefficient (Wildman–Crippen LogP) is 3.25. The molecule has 0 aliphatic heterocycles. The number of nitro benzene ring substituents is 1. The van der Waals surface area contributed by atoms with Crippen molar-refractivity contribution < 1.29 is 14.9 Å². The summed E-state index contributed by atoms with van der Waals surface area (Å²) in [5.74, 6) is -0.797. The van der Waals surface area contributed by atoms with E-state index in [-0.39, 0.29) is 22.6 Å². The van der Waals surface area contributed by atoms with E-state index in [0.29, 0.717) is 5.69 Å². The van der Waals surface area contributed by atoms with Crippen LogP contribution < -0.4 is 10.8 Å². The first-order chi connectivity index (χ1) is 12.5. The molecule has 0 aliphatic rings. The van der Waals surface area contributed by atoms with Crippen molar-refractivity contribution in [2.75, 3.05) is 5.32 Å². The highest BCUT2D eigenvalue weighted by atomic mass is 127. The van der Waals surface area contributed by atoms with Crippen LogP contribution in [-0.2, 0) is 0 Å². The van der Waals surface area contributed by atoms with Crippen LogP contribution in [0.25, 0.3) is 5.69 Å². The van der Waals surface area contributed by atoms with Gasteiger partial charge in [-0.2, -0.15) is 0 Å². The molecule has 0 fully saturated rings. The lowest BCUT2D eigenvalue weighted by atomic mass is 10.1. The minimum absolute atomic E-state index is 0.0420. The molecule has 0 spiro atoms. The number of halogens is 1. The zero-order valence-corrected chi connectivity index (χ0v) is 15.2. The average molecular weight is 465 g/mol. The van der Waals surface area contributed by atoms with E-state index in [1.54, 1.807) is 17.6 Å². The highest BCUT2D eigenvalue weighted by molar-refractivity contribution is 14.1. The highest BCUT2D eigenvalue weighted by Gasteiger charge is 2.23. The van der Waals surface area contributed by atoms with E-state index in [0.717, 1.165) is 3.57 Å². The van der Waals surface area contributed by atoms with Crippen molar-refractivity contribution >= 4 is 45.6 Å². The number of carbonyl (C=O) groups excluding carboxylic acids is 1. The summed E-state index contributed by atoms with van der Waals surface area (Å²) in [7, 11) is 0. The van der Waals surface area contributed by atoms with Gasteiger partial charge in [0.15, 0.2) is 0 Å². The summed E-state index contributed by atoms with van der Waals surface area (Å²) in [5.41, 5.74) is 2.37. The zero-order valence-electron chi connectivity index (χ0n) is 13.1. The number of imidazole rings is 1. The number of hydrogen-bond donors (Lipinski definition) is 3. The molecule has 2 aromatic carbocycles. The second-order valence-electron chi connectivity index (χ2n) is 5.19. The van der Waals surface area contributed by atoms with Gasteiger partial charge in [0, 0.05) is 27.7 Å². The number of rotatable bonds is 5. The van der Waals surface area contributed by atoms with Crippen molar-refractivity contribution in [3.63, 3.8) is 0 Å². The number of hydroxylamine groups is 1. The van der Waals surface area contributed by atoms with Crippen LogP contribution in [0.5, 0.6) is 0 Å². The number of aromatic nitrogens is 2. The molecule has 1 heterocycles. The molecule has 1 aromatic heterocycles. The molecule has 0 aliphatic carbocycles. The lowest BCUT2D eigenvalue weighted by Gasteiger charge is -2.14. The molecule has 3 rings (SSSR count). The third-order valence-corrected chi connectivity index (χ3v) is 4.28. The van der Waals surface area contributed by atoms with Crippen LogP contribution in [0.4, 0.5) is 17.1 Å². The molecule has 9 nitrogen and oxygen atoms in total. The fourth-order valence-corrected chi connectivity index (χ4v) is 2.73. The van der Waals surface area contributed by atoms with Crippen molar-refractivity contribution in [1.82, 2.24) is 15.0 Å². The van der Waals surface area contributed by atoms with Crippen LogP contribution in [0.3, 0.4) is 0 Å². The molecular weight excluding hydrogens is 453 g/mol. The SMILES string of the molecule is O=C(NO)c1cc(-n2ccnc2)c([N+](=O)[O-])cc1Nc1ccc(I)cc1. The largest absolute Gasteiger partial charge is 0.355 e. The summed E-state index contributed by atoms with van der Waals surface area (Å²) < 4.78 is 2.43. The first kappa shape index (κ1) is 17.8. The monoisotopic (exact) mass is 465 g/mol. The van der Waals surface area contributed by atoms with Crippen molar-refractivity contribution in [3.05, 3.63) is 74.4 Å². The lowest BCUT2D eigenvalue weighted by Crippen LogP contribution is -2.20. The highest BCUT2D eigenvalue weighted by Crippen LogP contribution is 2.32. The van der Waals surface area contributed by atoms with Gasteiger partial charge in [-0.05, 0) is 52.9 Å². The van der Waals surface area contributed by atoms with Crippen LogP contribution in [0.15, 0.2) is 55.1 Å². The maximum absolute atomic E-state index is 12.1. The zero-order chi connectivity index (χ0) is 18.7. The topological polar surface area (TPSA) is 122 Å². The first-order valence-corrected chi connectivity index (χ1v) is 8.35. The molecule has 132 valence electrons. The molecule has 0 atom stereocenters. The summed E-state index contributed by atoms with van der Waals surface area (Å²) in [5, 5.41) is 23.5. The van der Waals surface area contributed by atoms with Crippen molar-refractivity contribution in [2.24, 2.45) is 0 Å². The number of amides is 1. The van der Waals surface area contributed by atoms with Crippen molar-refractivity contribution in [2.45, 2.75) is 0 Å². The Balaban J connectivity index is 2.15. The van der Waals surface area contributed by atoms with Gasteiger partial charge in [0.1, 0.15) is 5.69 Å². The van der Waals surface area contributed by atoms with Gasteiger partial charge in [-0.15, -0.1) is 0 Å². The Hall–Kier alpha value is -2.99. The molecule has 0 bridgehead atoms. The summed E-state index contributed by atoms with van der Waals surface area (Å²) in [6, 6.07) is 9.82. The summed E-state index contributed by atoms with van der Waals surface area (Å²) in [4.78, 5) is 26.9. The number of benzene rings is 2. The van der Waals surface area contributed by atoms with E-state index in [4.69, 9.17) is 5.21 Å². The molecule has 1 amide bonds. The van der Waals surface area contributed by atoms with Gasteiger partial charge in [0.05, 0.1) is 22.5 Å². The number of anilines is 2. The number of hydrogen-bond acceptors (Lipinski definition) is 6. The standard InChI is InChI=1S/C16H12IN5O4/c17-10-1-3-11(4-2-10)19-13-8-15(22(25)26)14(21-6-5-18-9-21)7-12(13)16(23)20-24/h1-9,19,24H,(H,20,23). The van der Waals surface area contributed by atoms with Crippen LogP contribution >= 0.6 is 22.6 Å². The average Bonchev–Trinajstić information content (AvgIpc) is 3.17. The van der Waals surface area contributed by atoms with Gasteiger partial charge in [-0.25, -0.2) is 10.5 Å². The Morgan fingerprint density at radius 2 is 2.00 bits per heavy atom. The first-order valence-electron chi connectivity index (χ1n) is 7.27. The van der Waals surface area contributed by atoms with Crippen LogP contribution in [0.2, 0.25) is 0 Å². The number of nitrogens with one attached hydrogen (secondary N) is 2. The molecule has 0 saturated carbocycles. The van der Waals surface area contributed by atoms with Crippen LogP contribution in [0.1, 0.15) is 10.4 Å². The van der Waals surface area contributed by atoms with Gasteiger partial charge >= 0.3 is 0 Å². The van der Waals surface area contributed by atoms with Gasteiger partial charge < -0.3 is 9.88 Å². The van der Waals surface area contributed by atoms with E-state index in [2.05, 4.69) is 32.9 Å². The molecule has 0 radical (unpaired) electrons. The maximum Gasteiger partial charge on any atom is 0.295 e. The Morgan fingerprint density at radius 3 is 2.58 bits per heavy atom. The third kappa shape index (κ3) is 3.65. The molecule has 0 saturated heterocycles. The molecule has 3 N–H and O–H groups in total. The Kier molecular flexibility index (Phi) is 5.14. The molecule has 26 heavy (non-hydrogen) atoms. The normalized spacial score (nSPS) is 10.4. The number of carbonyl (C=O) groups is 1. The quantitative estimate of drug-likeness (QED) is 0.230. The minimum atomic E-state index is -0.797. The molecular formula is C16H12IN5O4. The number of nitrogens with zero attached hydrogens (tertiary/aromatic N) is 3. The maximum atomic E-state index is 12.1. The smallest absolute Gasteiger partial charge is 0.295 e. The second-order valence-corrected chi connectivity index (χ2v) is 6.43. The number of nitro groups is 1. The van der Waals surface area contributed by atoms with Gasteiger partial charge in [-0.3, -0.25) is 20.1 Å². The summed E-state index contributed by atoms with van der Waals surface area (Å²) in [6.07, 6.45) is 4.37. The third-order valence-electron chi connectivity index (χ3n) is 3.56. The van der Waals surface area contributed by atoms with E-state index in [1.807, 2.05) is 12.1 Å². The second kappa shape index (κ2) is 7.49. The minimum Gasteiger partial charge on any atom is -0.355 e. The Labute approximate surface area is 160 Å². The van der Waals surface area contributed by atoms with Crippen molar-refractivity contribution in [1.29, 1.82) is 0 Å². The predicted molar refractivity (Wildman–Crippen MR) is 102 cm³/mol. The van der Waals surface area contributed by atoms with E-state index in [1.165, 1.54) is 35.4 Å². The van der Waals surface area contributed by atoms with Gasteiger partial charge in [0.25, 0.3) is 11.6 Å². The van der Waals surface area contributed by atoms with E-state index in [9.17, 15) is 14.9 Å². The summed E-state index contributed by atoms with van der Waals surface area (Å²) >= 11 is 2.15.